The molecule has 3 aromatic rings. The van der Waals surface area contributed by atoms with Crippen LogP contribution in [0.4, 0.5) is 0 Å². The van der Waals surface area contributed by atoms with Crippen LogP contribution >= 0.6 is 11.3 Å². The van der Waals surface area contributed by atoms with Gasteiger partial charge in [-0.05, 0) is 30.5 Å². The molecule has 3 N–H and O–H groups in total. The van der Waals surface area contributed by atoms with Crippen molar-refractivity contribution < 1.29 is 0 Å². The van der Waals surface area contributed by atoms with Crippen LogP contribution in [0, 0.1) is 6.92 Å². The summed E-state index contributed by atoms with van der Waals surface area (Å²) >= 11 is 1.74. The molecule has 0 spiro atoms. The number of hydrazine groups is 1. The monoisotopic (exact) mass is 269 g/mol. The van der Waals surface area contributed by atoms with Gasteiger partial charge in [-0.1, -0.05) is 24.3 Å². The number of thiophene rings is 1. The minimum absolute atomic E-state index is 0.0650. The molecule has 0 radical (unpaired) electrons. The molecule has 1 atom stereocenters. The first kappa shape index (κ1) is 12.3. The lowest BCUT2D eigenvalue weighted by atomic mass is 10.0. The molecule has 0 fully saturated rings. The lowest BCUT2D eigenvalue weighted by Gasteiger charge is -2.15. The van der Waals surface area contributed by atoms with Gasteiger partial charge in [-0.3, -0.25) is 10.8 Å². The van der Waals surface area contributed by atoms with Crippen molar-refractivity contribution in [3.63, 3.8) is 0 Å². The molecule has 19 heavy (non-hydrogen) atoms. The molecular formula is C15H15N3S. The molecule has 0 aliphatic heterocycles. The molecule has 3 rings (SSSR count). The van der Waals surface area contributed by atoms with E-state index in [-0.39, 0.29) is 6.04 Å². The Morgan fingerprint density at radius 2 is 2.00 bits per heavy atom. The molecule has 1 unspecified atom stereocenters. The van der Waals surface area contributed by atoms with Crippen LogP contribution < -0.4 is 11.3 Å². The Kier molecular flexibility index (Phi) is 3.29. The summed E-state index contributed by atoms with van der Waals surface area (Å²) in [7, 11) is 0. The Labute approximate surface area is 116 Å². The van der Waals surface area contributed by atoms with Gasteiger partial charge in [0.15, 0.2) is 0 Å². The molecule has 0 bridgehead atoms. The number of nitrogens with zero attached hydrogens (tertiary/aromatic N) is 1. The molecule has 96 valence electrons. The number of pyridine rings is 1. The number of aryl methyl sites for hydroxylation is 1. The molecular weight excluding hydrogens is 254 g/mol. The number of nitrogens with two attached hydrogens (primary N) is 1. The van der Waals surface area contributed by atoms with Gasteiger partial charge < -0.3 is 0 Å². The van der Waals surface area contributed by atoms with E-state index in [1.807, 2.05) is 24.4 Å². The van der Waals surface area contributed by atoms with E-state index >= 15 is 0 Å². The van der Waals surface area contributed by atoms with E-state index in [0.29, 0.717) is 0 Å². The normalized spacial score (nSPS) is 12.7. The molecule has 0 saturated carbocycles. The number of aromatic nitrogens is 1. The molecule has 0 aliphatic rings. The van der Waals surface area contributed by atoms with Gasteiger partial charge in [0.2, 0.25) is 0 Å². The van der Waals surface area contributed by atoms with Gasteiger partial charge in [-0.15, -0.1) is 11.3 Å². The Bertz CT molecular complexity index is 700. The maximum absolute atomic E-state index is 5.75. The number of hydrogen-bond acceptors (Lipinski definition) is 4. The van der Waals surface area contributed by atoms with E-state index < -0.39 is 0 Å². The van der Waals surface area contributed by atoms with E-state index in [2.05, 4.69) is 41.6 Å². The minimum Gasteiger partial charge on any atom is -0.270 e. The van der Waals surface area contributed by atoms with Crippen molar-refractivity contribution in [3.8, 4) is 0 Å². The van der Waals surface area contributed by atoms with Crippen LogP contribution in [0.1, 0.15) is 21.5 Å². The van der Waals surface area contributed by atoms with E-state index in [0.717, 1.165) is 11.1 Å². The second-order valence-electron chi connectivity index (χ2n) is 4.47. The highest BCUT2D eigenvalue weighted by atomic mass is 32.1. The van der Waals surface area contributed by atoms with Crippen LogP contribution in [-0.4, -0.2) is 4.98 Å². The Hall–Kier alpha value is -1.75. The van der Waals surface area contributed by atoms with Gasteiger partial charge in [0.1, 0.15) is 0 Å². The lowest BCUT2D eigenvalue weighted by molar-refractivity contribution is 0.635. The van der Waals surface area contributed by atoms with Crippen LogP contribution in [0.25, 0.3) is 10.8 Å². The molecule has 2 aromatic heterocycles. The summed E-state index contributed by atoms with van der Waals surface area (Å²) in [6.45, 7) is 2.10. The quantitative estimate of drug-likeness (QED) is 0.567. The summed E-state index contributed by atoms with van der Waals surface area (Å²) < 4.78 is 0. The van der Waals surface area contributed by atoms with Gasteiger partial charge in [-0.25, -0.2) is 5.43 Å². The Balaban J connectivity index is 2.16. The zero-order valence-electron chi connectivity index (χ0n) is 10.6. The van der Waals surface area contributed by atoms with Crippen molar-refractivity contribution >= 4 is 22.1 Å². The fraction of sp³-hybridized carbons (Fsp3) is 0.133. The molecule has 1 aromatic carbocycles. The number of rotatable bonds is 3. The van der Waals surface area contributed by atoms with Crippen LogP contribution in [0.5, 0.6) is 0 Å². The average Bonchev–Trinajstić information content (AvgIpc) is 2.86. The summed E-state index contributed by atoms with van der Waals surface area (Å²) in [6, 6.07) is 14.4. The van der Waals surface area contributed by atoms with Gasteiger partial charge in [0.25, 0.3) is 0 Å². The molecule has 0 aliphatic carbocycles. The molecule has 0 saturated heterocycles. The predicted octanol–water partition coefficient (Wildman–Crippen LogP) is 3.16. The van der Waals surface area contributed by atoms with Crippen molar-refractivity contribution in [1.82, 2.24) is 10.4 Å². The predicted molar refractivity (Wildman–Crippen MR) is 80.0 cm³/mol. The van der Waals surface area contributed by atoms with Crippen molar-refractivity contribution in [2.45, 2.75) is 13.0 Å². The van der Waals surface area contributed by atoms with Crippen LogP contribution in [0.2, 0.25) is 0 Å². The summed E-state index contributed by atoms with van der Waals surface area (Å²) in [5.41, 5.74) is 3.86. The number of hydrogen-bond donors (Lipinski definition) is 2. The topological polar surface area (TPSA) is 50.9 Å². The zero-order chi connectivity index (χ0) is 13.2. The third kappa shape index (κ3) is 2.26. The number of nitrogens with one attached hydrogen (secondary N) is 1. The number of benzene rings is 1. The zero-order valence-corrected chi connectivity index (χ0v) is 11.4. The first-order chi connectivity index (χ1) is 9.29. The third-order valence-corrected chi connectivity index (χ3v) is 4.26. The highest BCUT2D eigenvalue weighted by Gasteiger charge is 2.17. The van der Waals surface area contributed by atoms with E-state index in [1.54, 1.807) is 11.3 Å². The maximum atomic E-state index is 5.75. The van der Waals surface area contributed by atoms with Crippen LogP contribution in [0.15, 0.2) is 48.7 Å². The van der Waals surface area contributed by atoms with Crippen LogP contribution in [-0.2, 0) is 0 Å². The fourth-order valence-corrected chi connectivity index (χ4v) is 3.22. The molecule has 0 amide bonds. The largest absolute Gasteiger partial charge is 0.270 e. The molecule has 2 heterocycles. The summed E-state index contributed by atoms with van der Waals surface area (Å²) in [6.07, 6.45) is 1.84. The highest BCUT2D eigenvalue weighted by molar-refractivity contribution is 7.12. The fourth-order valence-electron chi connectivity index (χ4n) is 2.28. The molecule has 3 nitrogen and oxygen atoms in total. The minimum atomic E-state index is -0.0650. The van der Waals surface area contributed by atoms with E-state index in [4.69, 9.17) is 5.84 Å². The molecule has 4 heteroatoms. The summed E-state index contributed by atoms with van der Waals surface area (Å²) in [5, 5.41) is 2.32. The van der Waals surface area contributed by atoms with Crippen molar-refractivity contribution in [1.29, 1.82) is 0 Å². The first-order valence-electron chi connectivity index (χ1n) is 6.15. The second-order valence-corrected chi connectivity index (χ2v) is 5.78. The summed E-state index contributed by atoms with van der Waals surface area (Å²) in [4.78, 5) is 6.99. The van der Waals surface area contributed by atoms with Gasteiger partial charge in [0, 0.05) is 21.3 Å². The average molecular weight is 269 g/mol. The second kappa shape index (κ2) is 5.09. The van der Waals surface area contributed by atoms with Gasteiger partial charge in [0.05, 0.1) is 11.7 Å². The highest BCUT2D eigenvalue weighted by Crippen LogP contribution is 2.30. The van der Waals surface area contributed by atoms with Crippen molar-refractivity contribution in [2.75, 3.05) is 0 Å². The van der Waals surface area contributed by atoms with Gasteiger partial charge >= 0.3 is 0 Å². The standard InChI is InChI=1S/C15H15N3S/c1-10-6-7-13(19-10)15(18-16)14-12-5-3-2-4-11(12)8-9-17-14/h2-9,15,18H,16H2,1H3. The smallest absolute Gasteiger partial charge is 0.0979 e. The SMILES string of the molecule is Cc1ccc(C(NN)c2nccc3ccccc23)s1. The number of fused-ring (bicyclic) bond motifs is 1. The lowest BCUT2D eigenvalue weighted by Crippen LogP contribution is -2.29. The van der Waals surface area contributed by atoms with E-state index in [9.17, 15) is 0 Å². The summed E-state index contributed by atoms with van der Waals surface area (Å²) in [5.74, 6) is 5.75. The Morgan fingerprint density at radius 1 is 1.16 bits per heavy atom. The van der Waals surface area contributed by atoms with Crippen molar-refractivity contribution in [3.05, 3.63) is 64.1 Å². The van der Waals surface area contributed by atoms with Crippen LogP contribution in [0.3, 0.4) is 0 Å². The van der Waals surface area contributed by atoms with Gasteiger partial charge in [-0.2, -0.15) is 0 Å². The first-order valence-corrected chi connectivity index (χ1v) is 6.97. The Morgan fingerprint density at radius 3 is 2.74 bits per heavy atom. The van der Waals surface area contributed by atoms with Crippen molar-refractivity contribution in [2.24, 2.45) is 5.84 Å². The maximum Gasteiger partial charge on any atom is 0.0979 e. The third-order valence-electron chi connectivity index (χ3n) is 3.19. The van der Waals surface area contributed by atoms with E-state index in [1.165, 1.54) is 15.1 Å².